The largest absolute Gasteiger partial charge is 0.456 e. The monoisotopic (exact) mass is 400 g/mol. The lowest BCUT2D eigenvalue weighted by atomic mass is 9.95. The molecule has 1 aliphatic rings. The maximum Gasteiger partial charge on any atom is 0.418 e. The van der Waals surface area contributed by atoms with Gasteiger partial charge in [-0.2, -0.15) is 13.2 Å². The topological polar surface area (TPSA) is 84.5 Å². The maximum atomic E-state index is 12.9. The summed E-state index contributed by atoms with van der Waals surface area (Å²) < 4.78 is 43.4. The number of benzene rings is 1. The maximum absolute atomic E-state index is 12.9. The molecule has 9 heteroatoms. The first-order valence-corrected chi connectivity index (χ1v) is 9.17. The molecular weight excluding hydrogens is 377 g/mol. The number of rotatable bonds is 7. The zero-order valence-electron chi connectivity index (χ0n) is 15.3. The Morgan fingerprint density at radius 3 is 2.36 bits per heavy atom. The van der Waals surface area contributed by atoms with Crippen LogP contribution in [0.15, 0.2) is 24.3 Å². The number of nitrogens with one attached hydrogen (secondary N) is 2. The van der Waals surface area contributed by atoms with E-state index in [-0.39, 0.29) is 24.8 Å². The number of carbonyl (C=O) groups excluding carboxylic acids is 3. The van der Waals surface area contributed by atoms with Gasteiger partial charge in [-0.25, -0.2) is 0 Å². The van der Waals surface area contributed by atoms with Crippen molar-refractivity contribution >= 4 is 23.5 Å². The van der Waals surface area contributed by atoms with E-state index in [1.54, 1.807) is 0 Å². The van der Waals surface area contributed by atoms with Crippen LogP contribution < -0.4 is 10.6 Å². The summed E-state index contributed by atoms with van der Waals surface area (Å²) in [6, 6.07) is 4.64. The van der Waals surface area contributed by atoms with Crippen molar-refractivity contribution in [3.8, 4) is 0 Å². The van der Waals surface area contributed by atoms with Gasteiger partial charge in [0.05, 0.1) is 17.7 Å². The molecule has 0 saturated heterocycles. The summed E-state index contributed by atoms with van der Waals surface area (Å²) in [5, 5.41) is 4.94. The molecule has 0 unspecified atom stereocenters. The molecule has 2 N–H and O–H groups in total. The van der Waals surface area contributed by atoms with Crippen molar-refractivity contribution in [3.63, 3.8) is 0 Å². The molecule has 0 bridgehead atoms. The van der Waals surface area contributed by atoms with Crippen LogP contribution in [0.3, 0.4) is 0 Å². The van der Waals surface area contributed by atoms with Crippen molar-refractivity contribution < 1.29 is 32.3 Å². The van der Waals surface area contributed by atoms with Crippen LogP contribution in [0.25, 0.3) is 0 Å². The number of alkyl halides is 3. The molecule has 6 nitrogen and oxygen atoms in total. The van der Waals surface area contributed by atoms with Crippen molar-refractivity contribution in [2.45, 2.75) is 57.2 Å². The molecule has 154 valence electrons. The first-order chi connectivity index (χ1) is 13.3. The first-order valence-electron chi connectivity index (χ1n) is 9.17. The van der Waals surface area contributed by atoms with E-state index >= 15 is 0 Å². The van der Waals surface area contributed by atoms with E-state index in [2.05, 4.69) is 10.6 Å². The van der Waals surface area contributed by atoms with Crippen LogP contribution in [-0.4, -0.2) is 30.4 Å². The SMILES string of the molecule is O=C(COC(=O)CCC(=O)NC1CCCCC1)Nc1ccccc1C(F)(F)F. The lowest BCUT2D eigenvalue weighted by molar-refractivity contribution is -0.148. The summed E-state index contributed by atoms with van der Waals surface area (Å²) in [4.78, 5) is 35.2. The molecule has 1 aliphatic carbocycles. The summed E-state index contributed by atoms with van der Waals surface area (Å²) in [6.07, 6.45) is 0.268. The molecule has 0 atom stereocenters. The Bertz CT molecular complexity index is 701. The predicted octanol–water partition coefficient (Wildman–Crippen LogP) is 3.42. The summed E-state index contributed by atoms with van der Waals surface area (Å²) >= 11 is 0. The number of hydrogen-bond donors (Lipinski definition) is 2. The summed E-state index contributed by atoms with van der Waals surface area (Å²) in [6.45, 7) is -0.727. The Kier molecular flexibility index (Phi) is 7.83. The molecule has 0 aliphatic heterocycles. The van der Waals surface area contributed by atoms with E-state index in [1.807, 2.05) is 0 Å². The van der Waals surface area contributed by atoms with Crippen molar-refractivity contribution in [2.24, 2.45) is 0 Å². The summed E-state index contributed by atoms with van der Waals surface area (Å²) in [5.41, 5.74) is -1.41. The van der Waals surface area contributed by atoms with E-state index in [4.69, 9.17) is 4.74 Å². The molecule has 2 rings (SSSR count). The van der Waals surface area contributed by atoms with Crippen molar-refractivity contribution in [3.05, 3.63) is 29.8 Å². The Morgan fingerprint density at radius 1 is 1.00 bits per heavy atom. The molecule has 1 aromatic rings. The number of esters is 1. The van der Waals surface area contributed by atoms with Gasteiger partial charge in [0, 0.05) is 12.5 Å². The van der Waals surface area contributed by atoms with Crippen LogP contribution in [-0.2, 0) is 25.3 Å². The molecule has 0 heterocycles. The molecule has 0 aromatic heterocycles. The second-order valence-electron chi connectivity index (χ2n) is 6.65. The van der Waals surface area contributed by atoms with Gasteiger partial charge >= 0.3 is 12.1 Å². The van der Waals surface area contributed by atoms with Gasteiger partial charge in [0.2, 0.25) is 5.91 Å². The van der Waals surface area contributed by atoms with Crippen molar-refractivity contribution in [1.29, 1.82) is 0 Å². The summed E-state index contributed by atoms with van der Waals surface area (Å²) in [5.74, 6) is -1.91. The van der Waals surface area contributed by atoms with Crippen LogP contribution in [0.1, 0.15) is 50.5 Å². The number of ether oxygens (including phenoxy) is 1. The minimum absolute atomic E-state index is 0.0616. The standard InChI is InChI=1S/C19H23F3N2O4/c20-19(21,22)14-8-4-5-9-15(14)24-17(26)12-28-18(27)11-10-16(25)23-13-6-2-1-3-7-13/h4-5,8-9,13H,1-3,6-7,10-12H2,(H,23,25)(H,24,26). The second-order valence-corrected chi connectivity index (χ2v) is 6.65. The number of amides is 2. The smallest absolute Gasteiger partial charge is 0.418 e. The van der Waals surface area contributed by atoms with Gasteiger partial charge in [-0.05, 0) is 25.0 Å². The third-order valence-electron chi connectivity index (χ3n) is 4.40. The number of carbonyl (C=O) groups is 3. The van der Waals surface area contributed by atoms with E-state index in [0.717, 1.165) is 44.2 Å². The molecule has 1 saturated carbocycles. The zero-order valence-corrected chi connectivity index (χ0v) is 15.3. The highest BCUT2D eigenvalue weighted by Gasteiger charge is 2.33. The highest BCUT2D eigenvalue weighted by molar-refractivity contribution is 5.93. The second kappa shape index (κ2) is 10.1. The van der Waals surface area contributed by atoms with Gasteiger partial charge in [0.1, 0.15) is 0 Å². The van der Waals surface area contributed by atoms with Crippen molar-refractivity contribution in [1.82, 2.24) is 5.32 Å². The zero-order chi connectivity index (χ0) is 20.6. The average molecular weight is 400 g/mol. The van der Waals surface area contributed by atoms with Crippen LogP contribution in [0.5, 0.6) is 0 Å². The van der Waals surface area contributed by atoms with Gasteiger partial charge in [0.25, 0.3) is 5.91 Å². The third kappa shape index (κ3) is 7.21. The molecule has 28 heavy (non-hydrogen) atoms. The number of halogens is 3. The molecule has 1 fully saturated rings. The van der Waals surface area contributed by atoms with Crippen LogP contribution in [0.2, 0.25) is 0 Å². The van der Waals surface area contributed by atoms with E-state index in [0.29, 0.717) is 0 Å². The predicted molar refractivity (Wildman–Crippen MR) is 95.3 cm³/mol. The van der Waals surface area contributed by atoms with Gasteiger partial charge in [0.15, 0.2) is 6.61 Å². The minimum Gasteiger partial charge on any atom is -0.456 e. The molecule has 0 radical (unpaired) electrons. The molecular formula is C19H23F3N2O4. The highest BCUT2D eigenvalue weighted by atomic mass is 19.4. The fourth-order valence-electron chi connectivity index (χ4n) is 3.01. The normalized spacial score (nSPS) is 15.0. The Labute approximate surface area is 160 Å². The van der Waals surface area contributed by atoms with Gasteiger partial charge in [-0.3, -0.25) is 14.4 Å². The summed E-state index contributed by atoms with van der Waals surface area (Å²) in [7, 11) is 0. The number of para-hydroxylation sites is 1. The lowest BCUT2D eigenvalue weighted by Gasteiger charge is -2.22. The molecule has 2 amide bonds. The highest BCUT2D eigenvalue weighted by Crippen LogP contribution is 2.34. The fraction of sp³-hybridized carbons (Fsp3) is 0.526. The molecule has 1 aromatic carbocycles. The van der Waals surface area contributed by atoms with Gasteiger partial charge in [-0.1, -0.05) is 31.4 Å². The number of anilines is 1. The van der Waals surface area contributed by atoms with Crippen molar-refractivity contribution in [2.75, 3.05) is 11.9 Å². The molecule has 0 spiro atoms. The van der Waals surface area contributed by atoms with E-state index in [1.165, 1.54) is 12.1 Å². The minimum atomic E-state index is -4.62. The Hall–Kier alpha value is -2.58. The van der Waals surface area contributed by atoms with E-state index in [9.17, 15) is 27.6 Å². The Morgan fingerprint density at radius 2 is 1.68 bits per heavy atom. The van der Waals surface area contributed by atoms with Gasteiger partial charge < -0.3 is 15.4 Å². The number of hydrogen-bond acceptors (Lipinski definition) is 4. The first kappa shape index (κ1) is 21.7. The van der Waals surface area contributed by atoms with Crippen LogP contribution in [0.4, 0.5) is 18.9 Å². The third-order valence-corrected chi connectivity index (χ3v) is 4.40. The van der Waals surface area contributed by atoms with Crippen LogP contribution >= 0.6 is 0 Å². The average Bonchev–Trinajstić information content (AvgIpc) is 2.65. The quantitative estimate of drug-likeness (QED) is 0.687. The van der Waals surface area contributed by atoms with Crippen LogP contribution in [0, 0.1) is 0 Å². The lowest BCUT2D eigenvalue weighted by Crippen LogP contribution is -2.36. The van der Waals surface area contributed by atoms with Gasteiger partial charge in [-0.15, -0.1) is 0 Å². The van der Waals surface area contributed by atoms with E-state index < -0.39 is 35.9 Å². The Balaban J connectivity index is 1.71. The fourth-order valence-corrected chi connectivity index (χ4v) is 3.01.